The number of hydrogen-bond donors (Lipinski definition) is 2. The fraction of sp³-hybridized carbons (Fsp3) is 0.263. The molecule has 1 amide bonds. The second kappa shape index (κ2) is 8.51. The Labute approximate surface area is 160 Å². The van der Waals surface area contributed by atoms with Crippen molar-refractivity contribution in [3.8, 4) is 5.75 Å². The van der Waals surface area contributed by atoms with E-state index in [1.807, 2.05) is 35.7 Å². The normalized spacial score (nSPS) is 15.4. The maximum atomic E-state index is 12.5. The molecule has 2 N–H and O–H groups in total. The smallest absolute Gasteiger partial charge is 0.330 e. The number of thioether (sulfide) groups is 2. The minimum Gasteiger partial charge on any atom is -0.497 e. The molecule has 7 heteroatoms. The summed E-state index contributed by atoms with van der Waals surface area (Å²) >= 11 is 3.80. The van der Waals surface area contributed by atoms with Crippen molar-refractivity contribution in [2.24, 2.45) is 0 Å². The van der Waals surface area contributed by atoms with E-state index in [4.69, 9.17) is 4.74 Å². The van der Waals surface area contributed by atoms with Crippen LogP contribution in [0.1, 0.15) is 32.1 Å². The molecule has 1 aliphatic rings. The van der Waals surface area contributed by atoms with Gasteiger partial charge in [0.2, 0.25) is 0 Å². The molecule has 1 unspecified atom stereocenters. The lowest BCUT2D eigenvalue weighted by Gasteiger charge is -2.16. The van der Waals surface area contributed by atoms with Gasteiger partial charge in [-0.1, -0.05) is 24.3 Å². The van der Waals surface area contributed by atoms with Gasteiger partial charge in [0.1, 0.15) is 5.75 Å². The van der Waals surface area contributed by atoms with Crippen molar-refractivity contribution in [1.29, 1.82) is 0 Å². The highest BCUT2D eigenvalue weighted by atomic mass is 32.2. The maximum absolute atomic E-state index is 12.5. The van der Waals surface area contributed by atoms with Crippen LogP contribution in [0.5, 0.6) is 5.75 Å². The van der Waals surface area contributed by atoms with Crippen LogP contribution in [0.3, 0.4) is 0 Å². The highest BCUT2D eigenvalue weighted by Crippen LogP contribution is 2.45. The Morgan fingerprint density at radius 1 is 1.08 bits per heavy atom. The van der Waals surface area contributed by atoms with Gasteiger partial charge < -0.3 is 15.2 Å². The first-order valence-corrected chi connectivity index (χ1v) is 10.2. The zero-order chi connectivity index (χ0) is 18.5. The summed E-state index contributed by atoms with van der Waals surface area (Å²) in [6.45, 7) is 0. The van der Waals surface area contributed by atoms with E-state index in [9.17, 15) is 14.7 Å². The van der Waals surface area contributed by atoms with E-state index < -0.39 is 17.9 Å². The maximum Gasteiger partial charge on any atom is 0.330 e. The summed E-state index contributed by atoms with van der Waals surface area (Å²) in [5.74, 6) is 1.38. The molecule has 136 valence electrons. The van der Waals surface area contributed by atoms with E-state index in [0.29, 0.717) is 21.5 Å². The Hall–Kier alpha value is -2.12. The SMILES string of the molecule is COc1ccc(C(NC(=O)c2ccc(C3SCCS3)cc2)C(=O)O)cc1. The third-order valence-electron chi connectivity index (χ3n) is 4.04. The van der Waals surface area contributed by atoms with Crippen LogP contribution in [-0.2, 0) is 4.79 Å². The largest absolute Gasteiger partial charge is 0.497 e. The summed E-state index contributed by atoms with van der Waals surface area (Å²) < 4.78 is 5.49. The number of carboxylic acids is 1. The Balaban J connectivity index is 1.72. The number of rotatable bonds is 6. The standard InChI is InChI=1S/C19H19NO4S2/c1-24-15-8-6-12(7-9-15)16(18(22)23)20-17(21)13-2-4-14(5-3-13)19-25-10-11-26-19/h2-9,16,19H,10-11H2,1H3,(H,20,21)(H,22,23). The van der Waals surface area contributed by atoms with Crippen molar-refractivity contribution in [2.75, 3.05) is 18.6 Å². The van der Waals surface area contributed by atoms with Crippen molar-refractivity contribution in [3.05, 3.63) is 65.2 Å². The number of nitrogens with one attached hydrogen (secondary N) is 1. The third kappa shape index (κ3) is 4.34. The number of amides is 1. The number of methoxy groups -OCH3 is 1. The quantitative estimate of drug-likeness (QED) is 0.784. The van der Waals surface area contributed by atoms with Crippen LogP contribution in [0.25, 0.3) is 0 Å². The molecule has 2 aromatic rings. The van der Waals surface area contributed by atoms with Crippen molar-refractivity contribution in [2.45, 2.75) is 10.6 Å². The number of carbonyl (C=O) groups excluding carboxylic acids is 1. The molecule has 5 nitrogen and oxygen atoms in total. The third-order valence-corrected chi connectivity index (χ3v) is 7.14. The lowest BCUT2D eigenvalue weighted by molar-refractivity contribution is -0.139. The highest BCUT2D eigenvalue weighted by Gasteiger charge is 2.23. The van der Waals surface area contributed by atoms with Gasteiger partial charge in [0.15, 0.2) is 6.04 Å². The summed E-state index contributed by atoms with van der Waals surface area (Å²) in [7, 11) is 1.54. The van der Waals surface area contributed by atoms with E-state index in [1.165, 1.54) is 12.7 Å². The molecule has 26 heavy (non-hydrogen) atoms. The first-order valence-electron chi connectivity index (χ1n) is 8.09. The zero-order valence-corrected chi connectivity index (χ0v) is 15.8. The molecule has 0 bridgehead atoms. The summed E-state index contributed by atoms with van der Waals surface area (Å²) in [6.07, 6.45) is 0. The first kappa shape index (κ1) is 18.7. The zero-order valence-electron chi connectivity index (χ0n) is 14.2. The molecular weight excluding hydrogens is 370 g/mol. The molecule has 1 atom stereocenters. The van der Waals surface area contributed by atoms with Gasteiger partial charge in [0.25, 0.3) is 5.91 Å². The van der Waals surface area contributed by atoms with Crippen molar-refractivity contribution >= 4 is 35.4 Å². The van der Waals surface area contributed by atoms with Crippen LogP contribution >= 0.6 is 23.5 Å². The van der Waals surface area contributed by atoms with E-state index in [0.717, 1.165) is 11.5 Å². The number of hydrogen-bond acceptors (Lipinski definition) is 5. The molecule has 0 spiro atoms. The van der Waals surface area contributed by atoms with Gasteiger partial charge in [-0.05, 0) is 35.4 Å². The van der Waals surface area contributed by atoms with E-state index in [-0.39, 0.29) is 0 Å². The molecule has 0 aliphatic carbocycles. The van der Waals surface area contributed by atoms with Gasteiger partial charge in [-0.25, -0.2) is 4.79 Å². The van der Waals surface area contributed by atoms with Gasteiger partial charge in [0.05, 0.1) is 11.7 Å². The first-order chi connectivity index (χ1) is 12.6. The molecule has 3 rings (SSSR count). The van der Waals surface area contributed by atoms with Crippen molar-refractivity contribution in [1.82, 2.24) is 5.32 Å². The Morgan fingerprint density at radius 3 is 2.23 bits per heavy atom. The fourth-order valence-corrected chi connectivity index (χ4v) is 5.50. The minimum absolute atomic E-state index is 0.411. The lowest BCUT2D eigenvalue weighted by Crippen LogP contribution is -2.33. The van der Waals surface area contributed by atoms with Crippen LogP contribution in [0.15, 0.2) is 48.5 Å². The van der Waals surface area contributed by atoms with Crippen LogP contribution in [0.2, 0.25) is 0 Å². The van der Waals surface area contributed by atoms with Crippen LogP contribution in [0, 0.1) is 0 Å². The summed E-state index contributed by atoms with van der Waals surface area (Å²) in [4.78, 5) is 24.1. The molecular formula is C19H19NO4S2. The van der Waals surface area contributed by atoms with Crippen LogP contribution in [0.4, 0.5) is 0 Å². The fourth-order valence-electron chi connectivity index (χ4n) is 2.64. The molecule has 0 radical (unpaired) electrons. The monoisotopic (exact) mass is 389 g/mol. The lowest BCUT2D eigenvalue weighted by atomic mass is 10.1. The summed E-state index contributed by atoms with van der Waals surface area (Å²) in [5, 5.41) is 12.1. The molecule has 1 saturated heterocycles. The second-order valence-corrected chi connectivity index (χ2v) is 8.44. The average Bonchev–Trinajstić information content (AvgIpc) is 3.21. The van der Waals surface area contributed by atoms with Gasteiger partial charge >= 0.3 is 5.97 Å². The topological polar surface area (TPSA) is 75.6 Å². The molecule has 1 fully saturated rings. The number of carboxylic acid groups (broad SMARTS) is 1. The van der Waals surface area contributed by atoms with E-state index in [1.54, 1.807) is 36.4 Å². The number of ether oxygens (including phenoxy) is 1. The Bertz CT molecular complexity index is 771. The predicted molar refractivity (Wildman–Crippen MR) is 105 cm³/mol. The molecule has 1 aliphatic heterocycles. The number of carbonyl (C=O) groups is 2. The van der Waals surface area contributed by atoms with Crippen LogP contribution in [-0.4, -0.2) is 35.6 Å². The molecule has 1 heterocycles. The summed E-state index contributed by atoms with van der Waals surface area (Å²) in [6, 6.07) is 12.9. The molecule has 2 aromatic carbocycles. The highest BCUT2D eigenvalue weighted by molar-refractivity contribution is 8.19. The van der Waals surface area contributed by atoms with E-state index >= 15 is 0 Å². The van der Waals surface area contributed by atoms with Crippen LogP contribution < -0.4 is 10.1 Å². The van der Waals surface area contributed by atoms with Gasteiger partial charge in [-0.3, -0.25) is 4.79 Å². The Morgan fingerprint density at radius 2 is 1.69 bits per heavy atom. The average molecular weight is 389 g/mol. The van der Waals surface area contributed by atoms with Crippen molar-refractivity contribution < 1.29 is 19.4 Å². The number of benzene rings is 2. The molecule has 0 aromatic heterocycles. The minimum atomic E-state index is -1.12. The number of aliphatic carboxylic acids is 1. The van der Waals surface area contributed by atoms with Gasteiger partial charge in [0, 0.05) is 17.1 Å². The molecule has 0 saturated carbocycles. The van der Waals surface area contributed by atoms with Crippen molar-refractivity contribution in [3.63, 3.8) is 0 Å². The summed E-state index contributed by atoms with van der Waals surface area (Å²) in [5.41, 5.74) is 2.11. The second-order valence-electron chi connectivity index (χ2n) is 5.71. The van der Waals surface area contributed by atoms with Gasteiger partial charge in [-0.2, -0.15) is 0 Å². The predicted octanol–water partition coefficient (Wildman–Crippen LogP) is 3.73. The Kier molecular flexibility index (Phi) is 6.11. The van der Waals surface area contributed by atoms with E-state index in [2.05, 4.69) is 5.32 Å². The van der Waals surface area contributed by atoms with Gasteiger partial charge in [-0.15, -0.1) is 23.5 Å².